The van der Waals surface area contributed by atoms with Crippen LogP contribution in [0.4, 0.5) is 11.4 Å². The van der Waals surface area contributed by atoms with Gasteiger partial charge >= 0.3 is 0 Å². The van der Waals surface area contributed by atoms with E-state index in [0.717, 1.165) is 26.2 Å². The van der Waals surface area contributed by atoms with Crippen molar-refractivity contribution < 1.29 is 0 Å². The van der Waals surface area contributed by atoms with Crippen molar-refractivity contribution in [3.8, 4) is 0 Å². The van der Waals surface area contributed by atoms with Gasteiger partial charge in [0, 0.05) is 36.7 Å². The van der Waals surface area contributed by atoms with Gasteiger partial charge in [-0.2, -0.15) is 0 Å². The first-order valence-corrected chi connectivity index (χ1v) is 7.50. The largest absolute Gasteiger partial charge is 0.365 e. The number of halogens is 1. The molecule has 0 radical (unpaired) electrons. The van der Waals surface area contributed by atoms with E-state index in [9.17, 15) is 0 Å². The zero-order valence-electron chi connectivity index (χ0n) is 11.0. The second kappa shape index (κ2) is 4.74. The maximum absolute atomic E-state index is 3.73. The lowest BCUT2D eigenvalue weighted by Gasteiger charge is -2.48. The first-order chi connectivity index (χ1) is 8.68. The molecule has 0 amide bonds. The van der Waals surface area contributed by atoms with Crippen molar-refractivity contribution in [2.45, 2.75) is 25.9 Å². The van der Waals surface area contributed by atoms with E-state index in [0.29, 0.717) is 12.1 Å². The van der Waals surface area contributed by atoms with Gasteiger partial charge in [-0.05, 0) is 41.9 Å². The van der Waals surface area contributed by atoms with Crippen molar-refractivity contribution in [2.24, 2.45) is 0 Å². The number of benzene rings is 1. The maximum Gasteiger partial charge on any atom is 0.0752 e. The monoisotopic (exact) mass is 309 g/mol. The second-order valence-corrected chi connectivity index (χ2v) is 6.26. The van der Waals surface area contributed by atoms with Gasteiger partial charge in [0.1, 0.15) is 0 Å². The summed E-state index contributed by atoms with van der Waals surface area (Å²) in [5.74, 6) is 0. The average Bonchev–Trinajstić information content (AvgIpc) is 2.37. The van der Waals surface area contributed by atoms with Gasteiger partial charge in [-0.1, -0.05) is 6.07 Å². The molecule has 1 saturated heterocycles. The molecule has 3 nitrogen and oxygen atoms in total. The van der Waals surface area contributed by atoms with Crippen LogP contribution in [0.2, 0.25) is 0 Å². The van der Waals surface area contributed by atoms with Gasteiger partial charge < -0.3 is 15.1 Å². The Morgan fingerprint density at radius 1 is 1.39 bits per heavy atom. The first-order valence-electron chi connectivity index (χ1n) is 6.71. The van der Waals surface area contributed by atoms with E-state index in [4.69, 9.17) is 0 Å². The lowest BCUT2D eigenvalue weighted by atomic mass is 10.0. The molecule has 0 spiro atoms. The van der Waals surface area contributed by atoms with Crippen LogP contribution in [0.15, 0.2) is 22.7 Å². The normalized spacial score (nSPS) is 23.0. The van der Waals surface area contributed by atoms with E-state index in [1.807, 2.05) is 0 Å². The summed E-state index contributed by atoms with van der Waals surface area (Å²) in [5.41, 5.74) is 2.75. The molecule has 0 bridgehead atoms. The minimum atomic E-state index is 0.544. The summed E-state index contributed by atoms with van der Waals surface area (Å²) >= 11 is 3.73. The van der Waals surface area contributed by atoms with Crippen molar-refractivity contribution in [2.75, 3.05) is 36.0 Å². The second-order valence-electron chi connectivity index (χ2n) is 5.41. The quantitative estimate of drug-likeness (QED) is 0.859. The predicted molar refractivity (Wildman–Crippen MR) is 80.6 cm³/mol. The molecule has 0 aromatic heterocycles. The molecule has 98 valence electrons. The summed E-state index contributed by atoms with van der Waals surface area (Å²) in [6.07, 6.45) is 0. The molecule has 0 aliphatic carbocycles. The molecular weight excluding hydrogens is 290 g/mol. The molecule has 1 aromatic carbocycles. The van der Waals surface area contributed by atoms with E-state index in [1.54, 1.807) is 0 Å². The number of para-hydroxylation sites is 1. The van der Waals surface area contributed by atoms with Crippen LogP contribution in [0, 0.1) is 0 Å². The summed E-state index contributed by atoms with van der Waals surface area (Å²) < 4.78 is 1.22. The van der Waals surface area contributed by atoms with E-state index >= 15 is 0 Å². The third-order valence-corrected chi connectivity index (χ3v) is 4.58. The number of nitrogens with one attached hydrogen (secondary N) is 1. The fourth-order valence-electron chi connectivity index (χ4n) is 3.05. The van der Waals surface area contributed by atoms with E-state index in [2.05, 4.69) is 63.1 Å². The molecule has 1 atom stereocenters. The van der Waals surface area contributed by atoms with Crippen molar-refractivity contribution in [1.29, 1.82) is 0 Å². The third-order valence-electron chi connectivity index (χ3n) is 3.94. The van der Waals surface area contributed by atoms with Gasteiger partial charge in [0.05, 0.1) is 17.4 Å². The minimum Gasteiger partial charge on any atom is -0.365 e. The smallest absolute Gasteiger partial charge is 0.0752 e. The summed E-state index contributed by atoms with van der Waals surface area (Å²) in [5, 5.41) is 3.51. The van der Waals surface area contributed by atoms with Crippen LogP contribution >= 0.6 is 15.9 Å². The minimum absolute atomic E-state index is 0.544. The van der Waals surface area contributed by atoms with Crippen LogP contribution in [0.1, 0.15) is 13.8 Å². The highest BCUT2D eigenvalue weighted by molar-refractivity contribution is 9.10. The summed E-state index contributed by atoms with van der Waals surface area (Å²) in [6.45, 7) is 8.94. The molecule has 2 aliphatic rings. The van der Waals surface area contributed by atoms with Crippen LogP contribution < -0.4 is 15.1 Å². The van der Waals surface area contributed by atoms with Crippen LogP contribution in [0.3, 0.4) is 0 Å². The predicted octanol–water partition coefficient (Wildman–Crippen LogP) is 2.46. The number of fused-ring (bicyclic) bond motifs is 3. The van der Waals surface area contributed by atoms with Crippen molar-refractivity contribution in [3.05, 3.63) is 22.7 Å². The fraction of sp³-hybridized carbons (Fsp3) is 0.571. The Labute approximate surface area is 117 Å². The van der Waals surface area contributed by atoms with Crippen LogP contribution in [-0.2, 0) is 0 Å². The SMILES string of the molecule is CC(C)N1CC2CNCCN2c2c(Br)cccc21. The van der Waals surface area contributed by atoms with Gasteiger partial charge in [-0.25, -0.2) is 0 Å². The summed E-state index contributed by atoms with van der Waals surface area (Å²) in [7, 11) is 0. The molecule has 18 heavy (non-hydrogen) atoms. The molecule has 4 heteroatoms. The molecular formula is C14H20BrN3. The molecule has 2 aliphatic heterocycles. The fourth-order valence-corrected chi connectivity index (χ4v) is 3.64. The number of anilines is 2. The summed E-state index contributed by atoms with van der Waals surface area (Å²) in [6, 6.07) is 7.68. The van der Waals surface area contributed by atoms with Crippen molar-refractivity contribution in [1.82, 2.24) is 5.32 Å². The van der Waals surface area contributed by atoms with Crippen molar-refractivity contribution >= 4 is 27.3 Å². The van der Waals surface area contributed by atoms with Gasteiger partial charge in [0.15, 0.2) is 0 Å². The number of hydrogen-bond donors (Lipinski definition) is 1. The number of rotatable bonds is 1. The Hall–Kier alpha value is -0.740. The van der Waals surface area contributed by atoms with Gasteiger partial charge in [0.25, 0.3) is 0 Å². The number of piperazine rings is 1. The highest BCUT2D eigenvalue weighted by atomic mass is 79.9. The number of hydrogen-bond acceptors (Lipinski definition) is 3. The molecule has 0 saturated carbocycles. The maximum atomic E-state index is 3.73. The van der Waals surface area contributed by atoms with Crippen molar-refractivity contribution in [3.63, 3.8) is 0 Å². The van der Waals surface area contributed by atoms with Gasteiger partial charge in [0.2, 0.25) is 0 Å². The number of nitrogens with zero attached hydrogens (tertiary/aromatic N) is 2. The van der Waals surface area contributed by atoms with Gasteiger partial charge in [-0.3, -0.25) is 0 Å². The Kier molecular flexibility index (Phi) is 3.24. The van der Waals surface area contributed by atoms with E-state index in [-0.39, 0.29) is 0 Å². The lowest BCUT2D eigenvalue weighted by molar-refractivity contribution is 0.448. The van der Waals surface area contributed by atoms with Crippen LogP contribution in [0.5, 0.6) is 0 Å². The van der Waals surface area contributed by atoms with Crippen LogP contribution in [0.25, 0.3) is 0 Å². The Bertz CT molecular complexity index is 447. The first kappa shape index (κ1) is 12.3. The topological polar surface area (TPSA) is 18.5 Å². The van der Waals surface area contributed by atoms with Crippen LogP contribution in [-0.4, -0.2) is 38.3 Å². The summed E-state index contributed by atoms with van der Waals surface area (Å²) in [4.78, 5) is 5.09. The zero-order chi connectivity index (χ0) is 12.7. The molecule has 1 unspecified atom stereocenters. The van der Waals surface area contributed by atoms with Gasteiger partial charge in [-0.15, -0.1) is 0 Å². The van der Waals surface area contributed by atoms with E-state index < -0.39 is 0 Å². The zero-order valence-corrected chi connectivity index (χ0v) is 12.6. The standard InChI is InChI=1S/C14H20BrN3/c1-10(2)18-9-11-8-16-6-7-17(11)14-12(15)4-3-5-13(14)18/h3-5,10-11,16H,6-9H2,1-2H3. The Balaban J connectivity index is 2.09. The molecule has 1 aromatic rings. The Morgan fingerprint density at radius 2 is 2.22 bits per heavy atom. The highest BCUT2D eigenvalue weighted by Crippen LogP contribution is 2.41. The molecule has 3 rings (SSSR count). The Morgan fingerprint density at radius 3 is 3.00 bits per heavy atom. The molecule has 2 heterocycles. The highest BCUT2D eigenvalue weighted by Gasteiger charge is 2.34. The molecule has 1 N–H and O–H groups in total. The average molecular weight is 310 g/mol. The molecule has 1 fully saturated rings. The third kappa shape index (κ3) is 1.91. The lowest BCUT2D eigenvalue weighted by Crippen LogP contribution is -2.59. The van der Waals surface area contributed by atoms with E-state index in [1.165, 1.54) is 15.8 Å².